The maximum atomic E-state index is 11.7. The van der Waals surface area contributed by atoms with Gasteiger partial charge in [0.15, 0.2) is 11.2 Å². The summed E-state index contributed by atoms with van der Waals surface area (Å²) in [6.07, 6.45) is 1.96. The summed E-state index contributed by atoms with van der Waals surface area (Å²) in [5.41, 5.74) is 5.72. The minimum absolute atomic E-state index is 0.0125. The summed E-state index contributed by atoms with van der Waals surface area (Å²) in [4.78, 5) is 22.1. The van der Waals surface area contributed by atoms with E-state index in [1.54, 1.807) is 4.57 Å². The lowest BCUT2D eigenvalue weighted by Gasteiger charge is -2.16. The van der Waals surface area contributed by atoms with Gasteiger partial charge in [0.2, 0.25) is 5.95 Å². The lowest BCUT2D eigenvalue weighted by molar-refractivity contribution is 0.278. The van der Waals surface area contributed by atoms with Crippen molar-refractivity contribution in [1.29, 1.82) is 0 Å². The van der Waals surface area contributed by atoms with Gasteiger partial charge in [-0.2, -0.15) is 4.98 Å². The van der Waals surface area contributed by atoms with Gasteiger partial charge >= 0.3 is 0 Å². The predicted molar refractivity (Wildman–Crippen MR) is 72.8 cm³/mol. The Bertz CT molecular complexity index is 611. The lowest BCUT2D eigenvalue weighted by atomic mass is 10.4. The SMILES string of the molecule is Nc1nc2c(ncn2C(CCO)SCCO)c(=O)[nH]1. The van der Waals surface area contributed by atoms with E-state index in [2.05, 4.69) is 15.0 Å². The normalized spacial score (nSPS) is 12.9. The van der Waals surface area contributed by atoms with E-state index in [9.17, 15) is 4.79 Å². The number of rotatable bonds is 6. The van der Waals surface area contributed by atoms with Crippen molar-refractivity contribution in [2.75, 3.05) is 24.7 Å². The Hall–Kier alpha value is -1.58. The number of nitrogens with one attached hydrogen (secondary N) is 1. The molecule has 0 aliphatic heterocycles. The molecule has 2 aromatic rings. The molecule has 0 bridgehead atoms. The lowest BCUT2D eigenvalue weighted by Crippen LogP contribution is -2.14. The molecule has 2 heterocycles. The number of aliphatic hydroxyl groups is 2. The molecule has 0 fully saturated rings. The second kappa shape index (κ2) is 6.04. The second-order valence-electron chi connectivity index (χ2n) is 3.84. The Labute approximate surface area is 112 Å². The fraction of sp³-hybridized carbons (Fsp3) is 0.500. The van der Waals surface area contributed by atoms with E-state index >= 15 is 0 Å². The van der Waals surface area contributed by atoms with Crippen molar-refractivity contribution in [2.45, 2.75) is 11.8 Å². The molecule has 5 N–H and O–H groups in total. The Morgan fingerprint density at radius 3 is 2.95 bits per heavy atom. The predicted octanol–water partition coefficient (Wildman–Crippen LogP) is -0.692. The van der Waals surface area contributed by atoms with E-state index in [0.717, 1.165) is 0 Å². The molecule has 0 saturated carbocycles. The molecule has 2 aromatic heterocycles. The highest BCUT2D eigenvalue weighted by molar-refractivity contribution is 7.99. The van der Waals surface area contributed by atoms with Crippen LogP contribution in [-0.4, -0.2) is 48.7 Å². The van der Waals surface area contributed by atoms with Gasteiger partial charge in [-0.05, 0) is 0 Å². The quantitative estimate of drug-likeness (QED) is 0.552. The van der Waals surface area contributed by atoms with Gasteiger partial charge in [0.05, 0.1) is 18.3 Å². The number of hydrogen-bond donors (Lipinski definition) is 4. The maximum Gasteiger partial charge on any atom is 0.280 e. The van der Waals surface area contributed by atoms with E-state index in [1.807, 2.05) is 0 Å². The summed E-state index contributed by atoms with van der Waals surface area (Å²) >= 11 is 1.45. The molecule has 0 spiro atoms. The highest BCUT2D eigenvalue weighted by Gasteiger charge is 2.17. The van der Waals surface area contributed by atoms with E-state index in [4.69, 9.17) is 15.9 Å². The van der Waals surface area contributed by atoms with Crippen LogP contribution >= 0.6 is 11.8 Å². The molecule has 0 amide bonds. The zero-order chi connectivity index (χ0) is 13.8. The summed E-state index contributed by atoms with van der Waals surface area (Å²) in [6.45, 7) is 0.0246. The van der Waals surface area contributed by atoms with Gasteiger partial charge < -0.3 is 20.5 Å². The van der Waals surface area contributed by atoms with E-state index in [0.29, 0.717) is 17.8 Å². The van der Waals surface area contributed by atoms with Crippen LogP contribution in [0.5, 0.6) is 0 Å². The average molecular weight is 285 g/mol. The summed E-state index contributed by atoms with van der Waals surface area (Å²) < 4.78 is 1.69. The van der Waals surface area contributed by atoms with Gasteiger partial charge in [0.25, 0.3) is 5.56 Å². The van der Waals surface area contributed by atoms with Crippen LogP contribution in [0.4, 0.5) is 5.95 Å². The number of fused-ring (bicyclic) bond motifs is 1. The minimum Gasteiger partial charge on any atom is -0.396 e. The van der Waals surface area contributed by atoms with E-state index in [-0.39, 0.29) is 30.1 Å². The maximum absolute atomic E-state index is 11.7. The number of aromatic nitrogens is 4. The molecule has 0 aliphatic rings. The number of nitrogens with zero attached hydrogens (tertiary/aromatic N) is 3. The van der Waals surface area contributed by atoms with Crippen LogP contribution in [0.15, 0.2) is 11.1 Å². The number of nitrogens with two attached hydrogens (primary N) is 1. The molecule has 19 heavy (non-hydrogen) atoms. The molecular weight excluding hydrogens is 270 g/mol. The summed E-state index contributed by atoms with van der Waals surface area (Å²) in [5.74, 6) is 0.539. The van der Waals surface area contributed by atoms with Crippen LogP contribution in [0, 0.1) is 0 Å². The van der Waals surface area contributed by atoms with Crippen molar-refractivity contribution < 1.29 is 10.2 Å². The van der Waals surface area contributed by atoms with Crippen LogP contribution in [0.1, 0.15) is 11.8 Å². The van der Waals surface area contributed by atoms with Gasteiger partial charge in [-0.3, -0.25) is 9.78 Å². The van der Waals surface area contributed by atoms with Gasteiger partial charge in [-0.15, -0.1) is 11.8 Å². The van der Waals surface area contributed by atoms with Crippen LogP contribution in [0.25, 0.3) is 11.2 Å². The van der Waals surface area contributed by atoms with Crippen molar-refractivity contribution in [1.82, 2.24) is 19.5 Å². The molecule has 9 heteroatoms. The molecule has 0 aliphatic carbocycles. The number of aliphatic hydroxyl groups excluding tert-OH is 2. The van der Waals surface area contributed by atoms with Crippen LogP contribution in [-0.2, 0) is 0 Å². The smallest absolute Gasteiger partial charge is 0.280 e. The fourth-order valence-electron chi connectivity index (χ4n) is 1.76. The first-order valence-electron chi connectivity index (χ1n) is 5.73. The van der Waals surface area contributed by atoms with Gasteiger partial charge in [0, 0.05) is 18.8 Å². The van der Waals surface area contributed by atoms with E-state index < -0.39 is 5.56 Å². The largest absolute Gasteiger partial charge is 0.396 e. The van der Waals surface area contributed by atoms with Crippen molar-refractivity contribution in [3.63, 3.8) is 0 Å². The fourth-order valence-corrected chi connectivity index (χ4v) is 2.72. The molecule has 2 rings (SSSR count). The number of aromatic amines is 1. The summed E-state index contributed by atoms with van der Waals surface area (Å²) in [6, 6.07) is 0. The standard InChI is InChI=1S/C10H15N5O3S/c11-10-13-8-7(9(18)14-10)12-5-15(8)6(1-2-16)19-4-3-17/h5-6,16-17H,1-4H2,(H3,11,13,14,18). The number of nitrogen functional groups attached to an aromatic ring is 1. The monoisotopic (exact) mass is 285 g/mol. The molecule has 8 nitrogen and oxygen atoms in total. The van der Waals surface area contributed by atoms with Crippen LogP contribution in [0.3, 0.4) is 0 Å². The van der Waals surface area contributed by atoms with Crippen molar-refractivity contribution in [3.05, 3.63) is 16.7 Å². The third-order valence-corrected chi connectivity index (χ3v) is 3.80. The third-order valence-electron chi connectivity index (χ3n) is 2.54. The number of imidazole rings is 1. The van der Waals surface area contributed by atoms with Gasteiger partial charge in [0.1, 0.15) is 0 Å². The number of hydrogen-bond acceptors (Lipinski definition) is 7. The molecule has 0 aromatic carbocycles. The zero-order valence-electron chi connectivity index (χ0n) is 10.1. The van der Waals surface area contributed by atoms with Crippen LogP contribution in [0.2, 0.25) is 0 Å². The average Bonchev–Trinajstić information content (AvgIpc) is 2.78. The van der Waals surface area contributed by atoms with Gasteiger partial charge in [-0.1, -0.05) is 0 Å². The number of anilines is 1. The Balaban J connectivity index is 2.44. The number of thioether (sulfide) groups is 1. The molecule has 0 saturated heterocycles. The zero-order valence-corrected chi connectivity index (χ0v) is 10.9. The van der Waals surface area contributed by atoms with Crippen molar-refractivity contribution in [3.8, 4) is 0 Å². The summed E-state index contributed by atoms with van der Waals surface area (Å²) in [7, 11) is 0. The van der Waals surface area contributed by atoms with Gasteiger partial charge in [-0.25, -0.2) is 4.98 Å². The number of H-pyrrole nitrogens is 1. The second-order valence-corrected chi connectivity index (χ2v) is 5.12. The topological polar surface area (TPSA) is 130 Å². The first kappa shape index (κ1) is 13.8. The molecular formula is C10H15N5O3S. The van der Waals surface area contributed by atoms with E-state index in [1.165, 1.54) is 18.1 Å². The summed E-state index contributed by atoms with van der Waals surface area (Å²) in [5, 5.41) is 17.8. The molecule has 104 valence electrons. The molecule has 1 unspecified atom stereocenters. The van der Waals surface area contributed by atoms with Crippen molar-refractivity contribution in [2.24, 2.45) is 0 Å². The third kappa shape index (κ3) is 2.88. The Morgan fingerprint density at radius 2 is 2.26 bits per heavy atom. The Kier molecular flexibility index (Phi) is 4.40. The first-order valence-corrected chi connectivity index (χ1v) is 6.78. The Morgan fingerprint density at radius 1 is 1.47 bits per heavy atom. The first-order chi connectivity index (χ1) is 9.17. The highest BCUT2D eigenvalue weighted by Crippen LogP contribution is 2.28. The molecule has 0 radical (unpaired) electrons. The van der Waals surface area contributed by atoms with Crippen molar-refractivity contribution >= 4 is 28.9 Å². The highest BCUT2D eigenvalue weighted by atomic mass is 32.2. The molecule has 1 atom stereocenters. The minimum atomic E-state index is -0.392. The van der Waals surface area contributed by atoms with Crippen LogP contribution < -0.4 is 11.3 Å².